The number of aryl methyl sites for hydroxylation is 4. The van der Waals surface area contributed by atoms with Crippen LogP contribution < -0.4 is 10.2 Å². The van der Waals surface area contributed by atoms with Gasteiger partial charge in [-0.3, -0.25) is 4.98 Å². The van der Waals surface area contributed by atoms with Crippen molar-refractivity contribution in [1.82, 2.24) is 14.9 Å². The van der Waals surface area contributed by atoms with Crippen LogP contribution in [0, 0.1) is 34.6 Å². The number of rotatable bonds is 4. The number of phenolic OH excluding ortho intramolecular Hbond substituents is 1. The summed E-state index contributed by atoms with van der Waals surface area (Å²) < 4.78 is 2.37. The van der Waals surface area contributed by atoms with Crippen molar-refractivity contribution in [3.05, 3.63) is 106 Å². The maximum atomic E-state index is 9.88. The lowest BCUT2D eigenvalue weighted by Crippen LogP contribution is -2.29. The lowest BCUT2D eigenvalue weighted by Gasteiger charge is -2.28. The van der Waals surface area contributed by atoms with Crippen LogP contribution in [0.5, 0.6) is 5.75 Å². The Morgan fingerprint density at radius 1 is 0.914 bits per heavy atom. The second-order valence-electron chi connectivity index (χ2n) is 9.42. The zero-order chi connectivity index (χ0) is 24.9. The standard InChI is InChI=1S/C29H30N4OS/c1-17-14-18(2)27(19(3)15-17)32-20(4)16-24(21(32)5)28-26(25-8-6-7-13-30-25)31-29(35)33(28)22-9-11-23(34)12-10-22/h6-16,26,28,34H,1-5H3,(H,31,35)/t26-,28+/m1/s1. The number of nitrogens with one attached hydrogen (secondary N) is 1. The minimum Gasteiger partial charge on any atom is -0.508 e. The third-order valence-corrected chi connectivity index (χ3v) is 7.19. The fourth-order valence-corrected chi connectivity index (χ4v) is 5.86. The van der Waals surface area contributed by atoms with E-state index in [0.29, 0.717) is 5.11 Å². The fourth-order valence-electron chi connectivity index (χ4n) is 5.52. The maximum Gasteiger partial charge on any atom is 0.174 e. The van der Waals surface area contributed by atoms with Crippen molar-refractivity contribution in [3.8, 4) is 11.4 Å². The SMILES string of the molecule is Cc1cc(C)c(-n2c(C)cc([C@H]3[C@@H](c4ccccn4)NC(=S)N3c3ccc(O)cc3)c2C)c(C)c1. The minimum atomic E-state index is -0.119. The number of pyridine rings is 1. The highest BCUT2D eigenvalue weighted by molar-refractivity contribution is 7.80. The molecule has 2 aromatic carbocycles. The van der Waals surface area contributed by atoms with E-state index in [9.17, 15) is 5.11 Å². The van der Waals surface area contributed by atoms with Gasteiger partial charge in [0.05, 0.1) is 23.5 Å². The van der Waals surface area contributed by atoms with E-state index in [-0.39, 0.29) is 17.8 Å². The van der Waals surface area contributed by atoms with Crippen molar-refractivity contribution >= 4 is 23.0 Å². The molecule has 2 atom stereocenters. The van der Waals surface area contributed by atoms with E-state index in [2.05, 4.69) is 72.6 Å². The Hall–Kier alpha value is -3.64. The van der Waals surface area contributed by atoms with Crippen LogP contribution in [0.4, 0.5) is 5.69 Å². The molecule has 5 rings (SSSR count). The molecule has 3 heterocycles. The molecule has 2 aromatic heterocycles. The van der Waals surface area contributed by atoms with Crippen molar-refractivity contribution < 1.29 is 5.11 Å². The molecule has 0 bridgehead atoms. The van der Waals surface area contributed by atoms with Crippen LogP contribution in [-0.2, 0) is 0 Å². The molecule has 0 spiro atoms. The Balaban J connectivity index is 1.71. The predicted octanol–water partition coefficient (Wildman–Crippen LogP) is 6.30. The van der Waals surface area contributed by atoms with Gasteiger partial charge in [-0.15, -0.1) is 0 Å². The first-order valence-electron chi connectivity index (χ1n) is 11.8. The second-order valence-corrected chi connectivity index (χ2v) is 9.81. The largest absolute Gasteiger partial charge is 0.508 e. The second kappa shape index (κ2) is 8.86. The summed E-state index contributed by atoms with van der Waals surface area (Å²) in [7, 11) is 0. The van der Waals surface area contributed by atoms with Gasteiger partial charge in [0.2, 0.25) is 0 Å². The Kier molecular flexibility index (Phi) is 5.85. The van der Waals surface area contributed by atoms with Crippen LogP contribution in [-0.4, -0.2) is 19.8 Å². The zero-order valence-electron chi connectivity index (χ0n) is 20.7. The molecular weight excluding hydrogens is 452 g/mol. The average molecular weight is 483 g/mol. The Morgan fingerprint density at radius 2 is 1.60 bits per heavy atom. The number of nitrogens with zero attached hydrogens (tertiary/aromatic N) is 3. The van der Waals surface area contributed by atoms with E-state index in [0.717, 1.165) is 11.4 Å². The third-order valence-electron chi connectivity index (χ3n) is 6.87. The van der Waals surface area contributed by atoms with Crippen molar-refractivity contribution in [1.29, 1.82) is 0 Å². The summed E-state index contributed by atoms with van der Waals surface area (Å²) in [5.41, 5.74) is 10.4. The smallest absolute Gasteiger partial charge is 0.174 e. The molecule has 4 aromatic rings. The van der Waals surface area contributed by atoms with Gasteiger partial charge in [0.15, 0.2) is 5.11 Å². The van der Waals surface area contributed by atoms with Crippen LogP contribution >= 0.6 is 12.2 Å². The van der Waals surface area contributed by atoms with E-state index >= 15 is 0 Å². The molecule has 0 aliphatic carbocycles. The summed E-state index contributed by atoms with van der Waals surface area (Å²) in [6, 6.07) is 19.7. The molecule has 1 aliphatic rings. The molecule has 1 fully saturated rings. The van der Waals surface area contributed by atoms with E-state index in [1.165, 1.54) is 39.3 Å². The first kappa shape index (κ1) is 23.1. The highest BCUT2D eigenvalue weighted by Gasteiger charge is 2.42. The summed E-state index contributed by atoms with van der Waals surface area (Å²) in [6.07, 6.45) is 1.82. The minimum absolute atomic E-state index is 0.104. The topological polar surface area (TPSA) is 53.3 Å². The third kappa shape index (κ3) is 3.98. The number of benzene rings is 2. The highest BCUT2D eigenvalue weighted by atomic mass is 32.1. The Morgan fingerprint density at radius 3 is 2.23 bits per heavy atom. The van der Waals surface area contributed by atoms with Crippen molar-refractivity contribution in [2.24, 2.45) is 0 Å². The Labute approximate surface area is 212 Å². The summed E-state index contributed by atoms with van der Waals surface area (Å²) >= 11 is 5.86. The molecule has 178 valence electrons. The Bertz CT molecular complexity index is 1390. The van der Waals surface area contributed by atoms with Crippen LogP contribution in [0.1, 0.15) is 51.4 Å². The van der Waals surface area contributed by atoms with E-state index in [1.807, 2.05) is 36.5 Å². The monoisotopic (exact) mass is 482 g/mol. The zero-order valence-corrected chi connectivity index (χ0v) is 21.5. The summed E-state index contributed by atoms with van der Waals surface area (Å²) in [5, 5.41) is 14.1. The van der Waals surface area contributed by atoms with Crippen LogP contribution in [0.3, 0.4) is 0 Å². The van der Waals surface area contributed by atoms with Gasteiger partial charge in [0, 0.05) is 23.3 Å². The molecule has 0 saturated carbocycles. The molecule has 35 heavy (non-hydrogen) atoms. The number of hydrogen-bond acceptors (Lipinski definition) is 3. The van der Waals surface area contributed by atoms with Gasteiger partial charge in [0.25, 0.3) is 0 Å². The quantitative estimate of drug-likeness (QED) is 0.335. The number of anilines is 1. The number of aromatic hydroxyl groups is 1. The molecule has 2 N–H and O–H groups in total. The first-order valence-corrected chi connectivity index (χ1v) is 12.2. The summed E-state index contributed by atoms with van der Waals surface area (Å²) in [6.45, 7) is 10.9. The highest BCUT2D eigenvalue weighted by Crippen LogP contribution is 2.44. The normalized spacial score (nSPS) is 17.6. The lowest BCUT2D eigenvalue weighted by atomic mass is 9.96. The van der Waals surface area contributed by atoms with Crippen LogP contribution in [0.15, 0.2) is 66.9 Å². The molecule has 0 amide bonds. The molecule has 1 aliphatic heterocycles. The van der Waals surface area contributed by atoms with E-state index < -0.39 is 0 Å². The molecule has 5 nitrogen and oxygen atoms in total. The van der Waals surface area contributed by atoms with Crippen molar-refractivity contribution in [2.75, 3.05) is 4.90 Å². The molecular formula is C29H30N4OS. The number of phenols is 1. The van der Waals surface area contributed by atoms with Crippen molar-refractivity contribution in [3.63, 3.8) is 0 Å². The van der Waals surface area contributed by atoms with Gasteiger partial charge < -0.3 is 19.9 Å². The number of aromatic nitrogens is 2. The molecule has 0 radical (unpaired) electrons. The van der Waals surface area contributed by atoms with Gasteiger partial charge in [-0.1, -0.05) is 23.8 Å². The maximum absolute atomic E-state index is 9.88. The number of thiocarbonyl (C=S) groups is 1. The summed E-state index contributed by atoms with van der Waals surface area (Å²) in [4.78, 5) is 6.82. The predicted molar refractivity (Wildman–Crippen MR) is 145 cm³/mol. The van der Waals surface area contributed by atoms with E-state index in [1.54, 1.807) is 12.1 Å². The van der Waals surface area contributed by atoms with Gasteiger partial charge in [0.1, 0.15) is 5.75 Å². The van der Waals surface area contributed by atoms with E-state index in [4.69, 9.17) is 12.2 Å². The van der Waals surface area contributed by atoms with Gasteiger partial charge in [-0.25, -0.2) is 0 Å². The number of hydrogen-bond donors (Lipinski definition) is 2. The van der Waals surface area contributed by atoms with Crippen LogP contribution in [0.25, 0.3) is 5.69 Å². The lowest BCUT2D eigenvalue weighted by molar-refractivity contribution is 0.475. The van der Waals surface area contributed by atoms with Crippen LogP contribution in [0.2, 0.25) is 0 Å². The molecule has 6 heteroatoms. The summed E-state index contributed by atoms with van der Waals surface area (Å²) in [5.74, 6) is 0.230. The molecule has 0 unspecified atom stereocenters. The molecule has 1 saturated heterocycles. The van der Waals surface area contributed by atoms with Gasteiger partial charge >= 0.3 is 0 Å². The van der Waals surface area contributed by atoms with Crippen molar-refractivity contribution in [2.45, 2.75) is 46.7 Å². The van der Waals surface area contributed by atoms with Gasteiger partial charge in [-0.2, -0.15) is 0 Å². The first-order chi connectivity index (χ1) is 16.8. The van der Waals surface area contributed by atoms with Gasteiger partial charge in [-0.05, 0) is 106 Å². The fraction of sp³-hybridized carbons (Fsp3) is 0.241. The average Bonchev–Trinajstić information content (AvgIpc) is 3.30.